The SMILES string of the molecule is Cl.O=C(COc1cc(Cl)cc(Cl)c1)NCC1CNCC1O. The van der Waals surface area contributed by atoms with Crippen molar-refractivity contribution in [2.75, 3.05) is 26.2 Å². The Hall–Kier alpha value is -0.720. The van der Waals surface area contributed by atoms with Crippen LogP contribution in [-0.4, -0.2) is 43.4 Å². The summed E-state index contributed by atoms with van der Waals surface area (Å²) in [6.45, 7) is 1.57. The van der Waals surface area contributed by atoms with Gasteiger partial charge < -0.3 is 20.5 Å². The first-order chi connectivity index (χ1) is 9.54. The topological polar surface area (TPSA) is 70.6 Å². The number of aliphatic hydroxyl groups excluding tert-OH is 1. The van der Waals surface area contributed by atoms with E-state index in [2.05, 4.69) is 10.6 Å². The van der Waals surface area contributed by atoms with Crippen molar-refractivity contribution in [1.29, 1.82) is 0 Å². The molecule has 0 radical (unpaired) electrons. The van der Waals surface area contributed by atoms with Gasteiger partial charge >= 0.3 is 0 Å². The maximum atomic E-state index is 11.6. The maximum Gasteiger partial charge on any atom is 0.257 e. The summed E-state index contributed by atoms with van der Waals surface area (Å²) in [5, 5.41) is 16.3. The highest BCUT2D eigenvalue weighted by Gasteiger charge is 2.24. The lowest BCUT2D eigenvalue weighted by atomic mass is 10.1. The van der Waals surface area contributed by atoms with Gasteiger partial charge in [-0.3, -0.25) is 4.79 Å². The second-order valence-electron chi connectivity index (χ2n) is 4.68. The molecule has 21 heavy (non-hydrogen) atoms. The fourth-order valence-electron chi connectivity index (χ4n) is 1.98. The summed E-state index contributed by atoms with van der Waals surface area (Å²) in [6, 6.07) is 4.77. The number of amides is 1. The summed E-state index contributed by atoms with van der Waals surface area (Å²) in [4.78, 5) is 11.6. The van der Waals surface area contributed by atoms with Crippen molar-refractivity contribution < 1.29 is 14.6 Å². The number of rotatable bonds is 5. The van der Waals surface area contributed by atoms with Crippen molar-refractivity contribution in [1.82, 2.24) is 10.6 Å². The van der Waals surface area contributed by atoms with Gasteiger partial charge in [0.05, 0.1) is 6.10 Å². The summed E-state index contributed by atoms with van der Waals surface area (Å²) in [6.07, 6.45) is -0.414. The highest BCUT2D eigenvalue weighted by Crippen LogP contribution is 2.23. The summed E-state index contributed by atoms with van der Waals surface area (Å²) in [5.41, 5.74) is 0. The second kappa shape index (κ2) is 8.66. The van der Waals surface area contributed by atoms with E-state index in [-0.39, 0.29) is 30.8 Å². The zero-order valence-electron chi connectivity index (χ0n) is 11.1. The van der Waals surface area contributed by atoms with E-state index in [1.807, 2.05) is 0 Å². The quantitative estimate of drug-likeness (QED) is 0.748. The molecule has 1 fully saturated rings. The molecule has 1 aliphatic heterocycles. The van der Waals surface area contributed by atoms with E-state index in [1.54, 1.807) is 18.2 Å². The first-order valence-electron chi connectivity index (χ1n) is 6.29. The van der Waals surface area contributed by atoms with Crippen LogP contribution in [0.2, 0.25) is 10.0 Å². The Morgan fingerprint density at radius 2 is 2.00 bits per heavy atom. The number of aliphatic hydroxyl groups is 1. The molecule has 0 spiro atoms. The minimum atomic E-state index is -0.414. The van der Waals surface area contributed by atoms with Gasteiger partial charge in [-0.1, -0.05) is 23.2 Å². The lowest BCUT2D eigenvalue weighted by molar-refractivity contribution is -0.123. The largest absolute Gasteiger partial charge is 0.484 e. The molecule has 0 bridgehead atoms. The molecule has 1 heterocycles. The lowest BCUT2D eigenvalue weighted by Crippen LogP contribution is -2.36. The predicted octanol–water partition coefficient (Wildman–Crippen LogP) is 1.49. The molecule has 1 aromatic rings. The predicted molar refractivity (Wildman–Crippen MR) is 84.6 cm³/mol. The van der Waals surface area contributed by atoms with Crippen LogP contribution in [0.1, 0.15) is 0 Å². The smallest absolute Gasteiger partial charge is 0.257 e. The number of halogens is 3. The average molecular weight is 356 g/mol. The monoisotopic (exact) mass is 354 g/mol. The molecular formula is C13H17Cl3N2O3. The molecule has 8 heteroatoms. The van der Waals surface area contributed by atoms with Gasteiger partial charge in [-0.15, -0.1) is 12.4 Å². The molecule has 2 atom stereocenters. The van der Waals surface area contributed by atoms with Crippen molar-refractivity contribution in [3.63, 3.8) is 0 Å². The molecule has 1 aromatic carbocycles. The van der Waals surface area contributed by atoms with Crippen LogP contribution in [0.15, 0.2) is 18.2 Å². The number of nitrogens with one attached hydrogen (secondary N) is 2. The van der Waals surface area contributed by atoms with Crippen LogP contribution >= 0.6 is 35.6 Å². The average Bonchev–Trinajstić information content (AvgIpc) is 2.78. The second-order valence-corrected chi connectivity index (χ2v) is 5.56. The van der Waals surface area contributed by atoms with Gasteiger partial charge in [-0.05, 0) is 18.2 Å². The Balaban J connectivity index is 0.00000220. The number of benzene rings is 1. The number of carbonyl (C=O) groups excluding carboxylic acids is 1. The van der Waals surface area contributed by atoms with Gasteiger partial charge in [0.25, 0.3) is 5.91 Å². The van der Waals surface area contributed by atoms with Crippen LogP contribution in [0.25, 0.3) is 0 Å². The molecule has 1 aliphatic rings. The van der Waals surface area contributed by atoms with E-state index in [1.165, 1.54) is 0 Å². The van der Waals surface area contributed by atoms with E-state index in [4.69, 9.17) is 27.9 Å². The van der Waals surface area contributed by atoms with Crippen LogP contribution in [0.5, 0.6) is 5.75 Å². The van der Waals surface area contributed by atoms with Gasteiger partial charge in [0.1, 0.15) is 5.75 Å². The molecule has 118 valence electrons. The number of β-amino-alcohol motifs (C(OH)–C–C–N with tert-alkyl or cyclic N) is 1. The third-order valence-electron chi connectivity index (χ3n) is 3.07. The van der Waals surface area contributed by atoms with Crippen LogP contribution < -0.4 is 15.4 Å². The zero-order chi connectivity index (χ0) is 14.5. The Morgan fingerprint density at radius 3 is 2.57 bits per heavy atom. The van der Waals surface area contributed by atoms with E-state index < -0.39 is 6.10 Å². The molecule has 1 saturated heterocycles. The number of carbonyl (C=O) groups is 1. The summed E-state index contributed by atoms with van der Waals surface area (Å²) >= 11 is 11.7. The number of hydrogen-bond donors (Lipinski definition) is 3. The summed E-state index contributed by atoms with van der Waals surface area (Å²) < 4.78 is 5.31. The van der Waals surface area contributed by atoms with E-state index in [0.717, 1.165) is 0 Å². The maximum absolute atomic E-state index is 11.6. The van der Waals surface area contributed by atoms with Crippen molar-refractivity contribution >= 4 is 41.5 Å². The van der Waals surface area contributed by atoms with Gasteiger partial charge in [0.2, 0.25) is 0 Å². The lowest BCUT2D eigenvalue weighted by Gasteiger charge is -2.14. The van der Waals surface area contributed by atoms with Crippen LogP contribution in [0.4, 0.5) is 0 Å². The third-order valence-corrected chi connectivity index (χ3v) is 3.51. The van der Waals surface area contributed by atoms with Gasteiger partial charge in [0.15, 0.2) is 6.61 Å². The fourth-order valence-corrected chi connectivity index (χ4v) is 2.49. The third kappa shape index (κ3) is 5.88. The summed E-state index contributed by atoms with van der Waals surface area (Å²) in [5.74, 6) is 0.236. The molecule has 5 nitrogen and oxygen atoms in total. The standard InChI is InChI=1S/C13H16Cl2N2O3.ClH/c14-9-1-10(15)3-11(2-9)20-7-13(19)17-5-8-4-16-6-12(8)18;/h1-3,8,12,16,18H,4-7H2,(H,17,19);1H. The van der Waals surface area contributed by atoms with Crippen LogP contribution in [0, 0.1) is 5.92 Å². The molecule has 3 N–H and O–H groups in total. The molecule has 0 aromatic heterocycles. The first kappa shape index (κ1) is 18.3. The molecule has 0 aliphatic carbocycles. The zero-order valence-corrected chi connectivity index (χ0v) is 13.5. The van der Waals surface area contributed by atoms with Crippen LogP contribution in [0.3, 0.4) is 0 Å². The molecule has 0 saturated carbocycles. The van der Waals surface area contributed by atoms with E-state index in [9.17, 15) is 9.90 Å². The number of ether oxygens (including phenoxy) is 1. The van der Waals surface area contributed by atoms with Crippen LogP contribution in [-0.2, 0) is 4.79 Å². The Morgan fingerprint density at radius 1 is 1.33 bits per heavy atom. The Labute approximate surface area is 139 Å². The normalized spacial score (nSPS) is 20.7. The molecule has 2 unspecified atom stereocenters. The first-order valence-corrected chi connectivity index (χ1v) is 7.04. The fraction of sp³-hybridized carbons (Fsp3) is 0.462. The van der Waals surface area contributed by atoms with Crippen molar-refractivity contribution in [2.45, 2.75) is 6.10 Å². The Kier molecular flexibility index (Phi) is 7.56. The molecular weight excluding hydrogens is 339 g/mol. The van der Waals surface area contributed by atoms with E-state index >= 15 is 0 Å². The Bertz CT molecular complexity index is 467. The highest BCUT2D eigenvalue weighted by molar-refractivity contribution is 6.34. The van der Waals surface area contributed by atoms with Crippen molar-refractivity contribution in [3.05, 3.63) is 28.2 Å². The number of hydrogen-bond acceptors (Lipinski definition) is 4. The minimum absolute atomic E-state index is 0. The van der Waals surface area contributed by atoms with Gasteiger partial charge in [-0.25, -0.2) is 0 Å². The summed E-state index contributed by atoms with van der Waals surface area (Å²) in [7, 11) is 0. The van der Waals surface area contributed by atoms with Crippen molar-refractivity contribution in [3.8, 4) is 5.75 Å². The van der Waals surface area contributed by atoms with E-state index in [0.29, 0.717) is 35.4 Å². The van der Waals surface area contributed by atoms with Gasteiger partial charge in [0, 0.05) is 35.6 Å². The van der Waals surface area contributed by atoms with Gasteiger partial charge in [-0.2, -0.15) is 0 Å². The highest BCUT2D eigenvalue weighted by atomic mass is 35.5. The molecule has 2 rings (SSSR count). The van der Waals surface area contributed by atoms with Crippen molar-refractivity contribution in [2.24, 2.45) is 5.92 Å². The molecule has 1 amide bonds. The minimum Gasteiger partial charge on any atom is -0.484 e.